The lowest BCUT2D eigenvalue weighted by atomic mass is 10.0. The van der Waals surface area contributed by atoms with E-state index in [1.807, 2.05) is 6.07 Å². The fourth-order valence-electron chi connectivity index (χ4n) is 2.40. The molecule has 0 atom stereocenters. The lowest BCUT2D eigenvalue weighted by Crippen LogP contribution is -2.22. The van der Waals surface area contributed by atoms with Gasteiger partial charge in [-0.25, -0.2) is 4.98 Å². The molecule has 1 N–H and O–H groups in total. The van der Waals surface area contributed by atoms with Gasteiger partial charge in [-0.05, 0) is 24.7 Å². The number of aromatic nitrogens is 1. The molecule has 2 aromatic rings. The SMILES string of the molecule is CCC1(CNCc2nc(-c3ccccc3)cs2)CC1. The van der Waals surface area contributed by atoms with Crippen molar-refractivity contribution in [3.05, 3.63) is 40.7 Å². The maximum atomic E-state index is 4.70. The van der Waals surface area contributed by atoms with Gasteiger partial charge in [0.1, 0.15) is 5.01 Å². The summed E-state index contributed by atoms with van der Waals surface area (Å²) in [7, 11) is 0. The summed E-state index contributed by atoms with van der Waals surface area (Å²) in [5.74, 6) is 0. The van der Waals surface area contributed by atoms with Crippen molar-refractivity contribution < 1.29 is 0 Å². The smallest absolute Gasteiger partial charge is 0.107 e. The molecule has 0 bridgehead atoms. The zero-order valence-electron chi connectivity index (χ0n) is 11.4. The maximum Gasteiger partial charge on any atom is 0.107 e. The Balaban J connectivity index is 1.57. The first-order valence-corrected chi connectivity index (χ1v) is 7.90. The summed E-state index contributed by atoms with van der Waals surface area (Å²) < 4.78 is 0. The summed E-state index contributed by atoms with van der Waals surface area (Å²) >= 11 is 1.75. The summed E-state index contributed by atoms with van der Waals surface area (Å²) in [6.45, 7) is 4.34. The Morgan fingerprint density at radius 1 is 1.26 bits per heavy atom. The van der Waals surface area contributed by atoms with Gasteiger partial charge in [-0.3, -0.25) is 0 Å². The normalized spacial score (nSPS) is 16.5. The van der Waals surface area contributed by atoms with Gasteiger partial charge in [-0.2, -0.15) is 0 Å². The number of hydrogen-bond acceptors (Lipinski definition) is 3. The Kier molecular flexibility index (Phi) is 3.67. The molecule has 1 aromatic carbocycles. The van der Waals surface area contributed by atoms with Gasteiger partial charge in [-0.1, -0.05) is 37.3 Å². The van der Waals surface area contributed by atoms with E-state index in [1.54, 1.807) is 11.3 Å². The lowest BCUT2D eigenvalue weighted by Gasteiger charge is -2.12. The molecule has 0 aliphatic heterocycles. The van der Waals surface area contributed by atoms with E-state index >= 15 is 0 Å². The van der Waals surface area contributed by atoms with Crippen molar-refractivity contribution >= 4 is 11.3 Å². The van der Waals surface area contributed by atoms with Gasteiger partial charge in [-0.15, -0.1) is 11.3 Å². The van der Waals surface area contributed by atoms with Crippen LogP contribution in [0.15, 0.2) is 35.7 Å². The summed E-state index contributed by atoms with van der Waals surface area (Å²) in [5.41, 5.74) is 2.91. The van der Waals surface area contributed by atoms with E-state index in [1.165, 1.54) is 29.8 Å². The van der Waals surface area contributed by atoms with Crippen molar-refractivity contribution in [3.63, 3.8) is 0 Å². The maximum absolute atomic E-state index is 4.70. The molecular formula is C16H20N2S. The molecule has 1 aromatic heterocycles. The standard InChI is InChI=1S/C16H20N2S/c1-2-16(8-9-16)12-17-10-15-18-14(11-19-15)13-6-4-3-5-7-13/h3-7,11,17H,2,8-10,12H2,1H3. The quantitative estimate of drug-likeness (QED) is 0.856. The molecule has 1 fully saturated rings. The van der Waals surface area contributed by atoms with Crippen LogP contribution in [0.1, 0.15) is 31.2 Å². The highest BCUT2D eigenvalue weighted by Crippen LogP contribution is 2.47. The van der Waals surface area contributed by atoms with Crippen molar-refractivity contribution in [2.45, 2.75) is 32.7 Å². The number of nitrogens with zero attached hydrogens (tertiary/aromatic N) is 1. The van der Waals surface area contributed by atoms with Gasteiger partial charge in [0.2, 0.25) is 0 Å². The molecule has 1 saturated carbocycles. The predicted octanol–water partition coefficient (Wildman–Crippen LogP) is 4.09. The third kappa shape index (κ3) is 3.04. The van der Waals surface area contributed by atoms with Gasteiger partial charge in [0.15, 0.2) is 0 Å². The number of thiazole rings is 1. The Morgan fingerprint density at radius 3 is 2.74 bits per heavy atom. The zero-order chi connectivity index (χ0) is 13.1. The minimum absolute atomic E-state index is 0.611. The highest BCUT2D eigenvalue weighted by Gasteiger charge is 2.39. The largest absolute Gasteiger partial charge is 0.310 e. The highest BCUT2D eigenvalue weighted by atomic mass is 32.1. The van der Waals surface area contributed by atoms with Crippen LogP contribution in [0, 0.1) is 5.41 Å². The first-order chi connectivity index (χ1) is 9.31. The molecule has 19 heavy (non-hydrogen) atoms. The fraction of sp³-hybridized carbons (Fsp3) is 0.438. The van der Waals surface area contributed by atoms with E-state index in [9.17, 15) is 0 Å². The van der Waals surface area contributed by atoms with Crippen LogP contribution in [0.4, 0.5) is 0 Å². The van der Waals surface area contributed by atoms with Crippen LogP contribution >= 0.6 is 11.3 Å². The van der Waals surface area contributed by atoms with E-state index in [-0.39, 0.29) is 0 Å². The molecule has 0 spiro atoms. The molecule has 1 aliphatic carbocycles. The van der Waals surface area contributed by atoms with Crippen molar-refractivity contribution in [1.82, 2.24) is 10.3 Å². The second-order valence-electron chi connectivity index (χ2n) is 5.45. The molecule has 1 heterocycles. The molecule has 0 saturated heterocycles. The van der Waals surface area contributed by atoms with Gasteiger partial charge < -0.3 is 5.32 Å². The fourth-order valence-corrected chi connectivity index (χ4v) is 3.17. The van der Waals surface area contributed by atoms with Crippen molar-refractivity contribution in [2.24, 2.45) is 5.41 Å². The Bertz CT molecular complexity index is 529. The van der Waals surface area contributed by atoms with E-state index in [4.69, 9.17) is 4.98 Å². The van der Waals surface area contributed by atoms with Crippen molar-refractivity contribution in [2.75, 3.05) is 6.54 Å². The molecule has 0 unspecified atom stereocenters. The molecule has 2 nitrogen and oxygen atoms in total. The predicted molar refractivity (Wildman–Crippen MR) is 81.2 cm³/mol. The first kappa shape index (κ1) is 12.8. The average Bonchev–Trinajstić information content (AvgIpc) is 3.09. The van der Waals surface area contributed by atoms with Crippen LogP contribution in [-0.4, -0.2) is 11.5 Å². The lowest BCUT2D eigenvalue weighted by molar-refractivity contribution is 0.443. The molecule has 100 valence electrons. The summed E-state index contributed by atoms with van der Waals surface area (Å²) in [6, 6.07) is 10.4. The third-order valence-electron chi connectivity index (χ3n) is 4.10. The number of benzene rings is 1. The van der Waals surface area contributed by atoms with E-state index < -0.39 is 0 Å². The third-order valence-corrected chi connectivity index (χ3v) is 4.95. The van der Waals surface area contributed by atoms with Crippen molar-refractivity contribution in [3.8, 4) is 11.3 Å². The molecule has 0 amide bonds. The van der Waals surface area contributed by atoms with Gasteiger partial charge in [0, 0.05) is 24.0 Å². The van der Waals surface area contributed by atoms with E-state index in [0.717, 1.165) is 18.8 Å². The summed E-state index contributed by atoms with van der Waals surface area (Å²) in [6.07, 6.45) is 4.08. The Hall–Kier alpha value is -1.19. The van der Waals surface area contributed by atoms with Crippen molar-refractivity contribution in [1.29, 1.82) is 0 Å². The summed E-state index contributed by atoms with van der Waals surface area (Å²) in [4.78, 5) is 4.70. The molecule has 3 rings (SSSR count). The molecule has 0 radical (unpaired) electrons. The minimum Gasteiger partial charge on any atom is -0.310 e. The Labute approximate surface area is 118 Å². The van der Waals surface area contributed by atoms with Crippen LogP contribution in [-0.2, 0) is 6.54 Å². The topological polar surface area (TPSA) is 24.9 Å². The monoisotopic (exact) mass is 272 g/mol. The Morgan fingerprint density at radius 2 is 2.05 bits per heavy atom. The highest BCUT2D eigenvalue weighted by molar-refractivity contribution is 7.09. The number of nitrogens with one attached hydrogen (secondary N) is 1. The molecular weight excluding hydrogens is 252 g/mol. The second kappa shape index (κ2) is 5.43. The second-order valence-corrected chi connectivity index (χ2v) is 6.39. The number of hydrogen-bond donors (Lipinski definition) is 1. The van der Waals surface area contributed by atoms with Crippen LogP contribution in [0.3, 0.4) is 0 Å². The minimum atomic E-state index is 0.611. The van der Waals surface area contributed by atoms with E-state index in [2.05, 4.69) is 41.9 Å². The summed E-state index contributed by atoms with van der Waals surface area (Å²) in [5, 5.41) is 6.91. The molecule has 3 heteroatoms. The first-order valence-electron chi connectivity index (χ1n) is 7.02. The van der Waals surface area contributed by atoms with Crippen LogP contribution < -0.4 is 5.32 Å². The number of rotatable bonds is 6. The van der Waals surface area contributed by atoms with Crippen LogP contribution in [0.5, 0.6) is 0 Å². The van der Waals surface area contributed by atoms with Gasteiger partial charge in [0.25, 0.3) is 0 Å². The van der Waals surface area contributed by atoms with Gasteiger partial charge >= 0.3 is 0 Å². The van der Waals surface area contributed by atoms with Gasteiger partial charge in [0.05, 0.1) is 5.69 Å². The van der Waals surface area contributed by atoms with Crippen LogP contribution in [0.2, 0.25) is 0 Å². The van der Waals surface area contributed by atoms with Crippen LogP contribution in [0.25, 0.3) is 11.3 Å². The zero-order valence-corrected chi connectivity index (χ0v) is 12.2. The molecule has 1 aliphatic rings. The van der Waals surface area contributed by atoms with E-state index in [0.29, 0.717) is 5.41 Å². The average molecular weight is 272 g/mol.